The molecule has 11 nitrogen and oxygen atoms in total. The van der Waals surface area contributed by atoms with Gasteiger partial charge in [0.05, 0.1) is 53.7 Å². The van der Waals surface area contributed by atoms with E-state index in [0.29, 0.717) is 57.8 Å². The third kappa shape index (κ3) is 8.63. The molecule has 18 atom stereocenters. The average Bonchev–Trinajstić information content (AvgIpc) is 3.47. The molecule has 0 aromatic heterocycles. The molecule has 4 unspecified atom stereocenters. The molecule has 5 aliphatic rings. The molecule has 4 N–H and O–H groups in total. The Morgan fingerprint density at radius 3 is 2.15 bits per heavy atom. The Morgan fingerprint density at radius 2 is 1.56 bits per heavy atom. The number of carboxylic acid groups (broad SMARTS) is 1. The second-order valence-electron chi connectivity index (χ2n) is 17.9. The number of carbonyl (C=O) groups is 2. The van der Waals surface area contributed by atoms with Gasteiger partial charge in [0, 0.05) is 30.1 Å². The van der Waals surface area contributed by atoms with Gasteiger partial charge in [-0.3, -0.25) is 9.59 Å². The predicted octanol–water partition coefficient (Wildman–Crippen LogP) is 3.19. The van der Waals surface area contributed by atoms with Crippen LogP contribution in [0.2, 0.25) is 0 Å². The maximum Gasteiger partial charge on any atom is 1.00 e. The minimum Gasteiger partial charge on any atom is -0.481 e. The zero-order valence-corrected chi connectivity index (χ0v) is 37.0. The van der Waals surface area contributed by atoms with Gasteiger partial charge in [0.25, 0.3) is 0 Å². The molecule has 5 heterocycles. The Labute approximate surface area is 345 Å². The zero-order valence-electron chi connectivity index (χ0n) is 35.0. The molecule has 2 spiro atoms. The maximum atomic E-state index is 14.4. The largest absolute Gasteiger partial charge is 1.00 e. The van der Waals surface area contributed by atoms with Gasteiger partial charge in [-0.2, -0.15) is 0 Å². The van der Waals surface area contributed by atoms with Crippen LogP contribution in [-0.4, -0.2) is 97.7 Å². The molecule has 4 fully saturated rings. The van der Waals surface area contributed by atoms with Gasteiger partial charge in [-0.25, -0.2) is 0 Å². The Bertz CT molecular complexity index is 1330. The van der Waals surface area contributed by atoms with E-state index in [-0.39, 0.29) is 71.4 Å². The van der Waals surface area contributed by atoms with Gasteiger partial charge in [-0.05, 0) is 95.6 Å². The summed E-state index contributed by atoms with van der Waals surface area (Å²) in [5, 5.41) is 44.0. The molecule has 54 heavy (non-hydrogen) atoms. The van der Waals surface area contributed by atoms with Crippen LogP contribution in [0.25, 0.3) is 0 Å². The molecule has 0 radical (unpaired) electrons. The fourth-order valence-electron chi connectivity index (χ4n) is 10.5. The molecule has 5 aliphatic heterocycles. The van der Waals surface area contributed by atoms with Crippen molar-refractivity contribution in [2.24, 2.45) is 41.4 Å². The Balaban J connectivity index is 0.00000650. The van der Waals surface area contributed by atoms with E-state index in [1.54, 1.807) is 19.1 Å². The predicted molar refractivity (Wildman–Crippen MR) is 199 cm³/mol. The molecule has 304 valence electrons. The SMILES string of the molecule is CC[C@@H](C(=O)O)C1CC[C@H](C)C([C@@H](C)[C@H](O)[C@H](C)C(=O)[C@H](CC)C2O[C@]3(C=C[C@@H](O)[C@]4(CC[C@@](C)(C5CC[C@](O)(CC)[C@H](C)O5)O4)O3)[C@H](C)C[C@@H]2C)O1.[Na+]. The third-order valence-electron chi connectivity index (χ3n) is 14.4. The van der Waals surface area contributed by atoms with Crippen LogP contribution in [-0.2, 0) is 33.3 Å². The first-order valence-electron chi connectivity index (χ1n) is 20.7. The number of ketones is 1. The number of aliphatic carboxylic acids is 1. The van der Waals surface area contributed by atoms with E-state index in [2.05, 4.69) is 20.8 Å². The molecule has 4 saturated heterocycles. The number of hydrogen-bond acceptors (Lipinski definition) is 10. The summed E-state index contributed by atoms with van der Waals surface area (Å²) in [4.78, 5) is 26.4. The van der Waals surface area contributed by atoms with Crippen LogP contribution in [0.1, 0.15) is 133 Å². The normalized spacial score (nSPS) is 45.3. The zero-order chi connectivity index (χ0) is 39.3. The van der Waals surface area contributed by atoms with Crippen molar-refractivity contribution in [3.63, 3.8) is 0 Å². The summed E-state index contributed by atoms with van der Waals surface area (Å²) in [7, 11) is 0. The number of ether oxygens (including phenoxy) is 5. The van der Waals surface area contributed by atoms with Crippen molar-refractivity contribution in [1.82, 2.24) is 0 Å². The number of aliphatic hydroxyl groups is 3. The summed E-state index contributed by atoms with van der Waals surface area (Å²) in [6.07, 6.45) is 5.51. The van der Waals surface area contributed by atoms with E-state index in [4.69, 9.17) is 23.7 Å². The van der Waals surface area contributed by atoms with Crippen LogP contribution >= 0.6 is 0 Å². The summed E-state index contributed by atoms with van der Waals surface area (Å²) < 4.78 is 33.5. The molecule has 0 bridgehead atoms. The molecule has 0 aromatic carbocycles. The summed E-state index contributed by atoms with van der Waals surface area (Å²) in [5.74, 6) is -5.78. The number of aliphatic hydroxyl groups excluding tert-OH is 2. The number of hydrogen-bond donors (Lipinski definition) is 4. The van der Waals surface area contributed by atoms with Gasteiger partial charge in [-0.1, -0.05) is 55.4 Å². The van der Waals surface area contributed by atoms with Crippen molar-refractivity contribution in [2.45, 2.75) is 199 Å². The van der Waals surface area contributed by atoms with Crippen LogP contribution in [0.3, 0.4) is 0 Å². The molecule has 0 saturated carbocycles. The van der Waals surface area contributed by atoms with Crippen molar-refractivity contribution in [3.8, 4) is 0 Å². The minimum atomic E-state index is -1.37. The summed E-state index contributed by atoms with van der Waals surface area (Å²) in [5.41, 5.74) is -1.63. The van der Waals surface area contributed by atoms with Crippen molar-refractivity contribution in [3.05, 3.63) is 12.2 Å². The summed E-state index contributed by atoms with van der Waals surface area (Å²) >= 11 is 0. The fraction of sp³-hybridized carbons (Fsp3) is 0.905. The van der Waals surface area contributed by atoms with E-state index in [9.17, 15) is 30.0 Å². The number of Topliss-reactive ketones (excluding diaryl/α,β-unsaturated/α-hetero) is 1. The van der Waals surface area contributed by atoms with E-state index in [0.717, 1.165) is 6.42 Å². The van der Waals surface area contributed by atoms with Crippen molar-refractivity contribution < 1.29 is 83.3 Å². The molecular formula is C42H70NaO11+. The Kier molecular flexibility index (Phi) is 15.3. The second kappa shape index (κ2) is 17.8. The summed E-state index contributed by atoms with van der Waals surface area (Å²) in [6, 6.07) is 0. The maximum absolute atomic E-state index is 14.4. The van der Waals surface area contributed by atoms with Crippen molar-refractivity contribution in [1.29, 1.82) is 0 Å². The van der Waals surface area contributed by atoms with E-state index in [1.165, 1.54) is 0 Å². The monoisotopic (exact) mass is 773 g/mol. The van der Waals surface area contributed by atoms with Crippen LogP contribution in [0.15, 0.2) is 12.2 Å². The van der Waals surface area contributed by atoms with Gasteiger partial charge in [-0.15, -0.1) is 0 Å². The van der Waals surface area contributed by atoms with Crippen LogP contribution in [0, 0.1) is 41.4 Å². The molecule has 0 amide bonds. The van der Waals surface area contributed by atoms with Crippen molar-refractivity contribution in [2.75, 3.05) is 0 Å². The number of rotatable bonds is 12. The fourth-order valence-corrected chi connectivity index (χ4v) is 10.5. The minimum absolute atomic E-state index is 0. The Morgan fingerprint density at radius 1 is 0.889 bits per heavy atom. The quantitative estimate of drug-likeness (QED) is 0.170. The third-order valence-corrected chi connectivity index (χ3v) is 14.4. The summed E-state index contributed by atoms with van der Waals surface area (Å²) in [6.45, 7) is 19.6. The van der Waals surface area contributed by atoms with Gasteiger partial charge in [0.15, 0.2) is 5.79 Å². The first-order chi connectivity index (χ1) is 24.8. The molecule has 0 aliphatic carbocycles. The van der Waals surface area contributed by atoms with Crippen LogP contribution in [0.5, 0.6) is 0 Å². The van der Waals surface area contributed by atoms with E-state index >= 15 is 0 Å². The van der Waals surface area contributed by atoms with Gasteiger partial charge >= 0.3 is 35.5 Å². The molecular weight excluding hydrogens is 703 g/mol. The second-order valence-corrected chi connectivity index (χ2v) is 17.9. The molecule has 12 heteroatoms. The Hall–Kier alpha value is -0.440. The standard InChI is InChI=1S/C42H70O11.Na/c1-11-29(38(46)47)31-15-14-23(4)36(50-31)27(8)34(44)26(7)35(45)30(12-2)37-24(5)22-25(6)41(51-37)19-16-32(43)42(53-41)21-20-39(10,52-42)33-17-18-40(48,13-3)28(9)49-33;/h16,19,23-34,36-37,43-44,48H,11-15,17-18,20-22H2,1-10H3,(H,46,47);/q;+1/t23-,24-,25+,26-,27-,28-,29+,30-,31?,32+,33?,34+,36?,37?,39-,40+,41-,42-;/m0./s1. The van der Waals surface area contributed by atoms with Crippen LogP contribution < -0.4 is 29.6 Å². The smallest absolute Gasteiger partial charge is 0.481 e. The molecule has 5 rings (SSSR count). The van der Waals surface area contributed by atoms with Gasteiger partial charge < -0.3 is 44.1 Å². The van der Waals surface area contributed by atoms with E-state index < -0.39 is 76.8 Å². The number of carbonyl (C=O) groups excluding carboxylic acids is 1. The van der Waals surface area contributed by atoms with Crippen molar-refractivity contribution >= 4 is 11.8 Å². The van der Waals surface area contributed by atoms with Gasteiger partial charge in [0.2, 0.25) is 5.79 Å². The average molecular weight is 774 g/mol. The topological polar surface area (TPSA) is 161 Å². The number of carboxylic acids is 1. The molecule has 0 aromatic rings. The van der Waals surface area contributed by atoms with E-state index in [1.807, 2.05) is 41.5 Å². The van der Waals surface area contributed by atoms with Crippen LogP contribution in [0.4, 0.5) is 0 Å². The first-order valence-corrected chi connectivity index (χ1v) is 20.7. The van der Waals surface area contributed by atoms with Gasteiger partial charge in [0.1, 0.15) is 11.9 Å². The first kappa shape index (κ1) is 46.3.